The van der Waals surface area contributed by atoms with Crippen LogP contribution in [0.5, 0.6) is 0 Å². The van der Waals surface area contributed by atoms with Crippen molar-refractivity contribution in [2.24, 2.45) is 0 Å². The minimum Gasteiger partial charge on any atom is -0.396 e. The Hall–Kier alpha value is -1.98. The van der Waals surface area contributed by atoms with Gasteiger partial charge in [-0.1, -0.05) is 6.07 Å². The van der Waals surface area contributed by atoms with Crippen molar-refractivity contribution in [2.45, 2.75) is 24.9 Å². The van der Waals surface area contributed by atoms with Crippen LogP contribution in [0.4, 0.5) is 18.9 Å². The lowest BCUT2D eigenvalue weighted by Gasteiger charge is -2.11. The van der Waals surface area contributed by atoms with Crippen molar-refractivity contribution < 1.29 is 13.2 Å². The maximum absolute atomic E-state index is 12.7. The van der Waals surface area contributed by atoms with E-state index in [0.29, 0.717) is 17.3 Å². The molecule has 0 amide bonds. The third-order valence-electron chi connectivity index (χ3n) is 3.22. The van der Waals surface area contributed by atoms with E-state index in [9.17, 15) is 13.2 Å². The summed E-state index contributed by atoms with van der Waals surface area (Å²) >= 11 is 0. The summed E-state index contributed by atoms with van der Waals surface area (Å²) in [7, 11) is 0. The van der Waals surface area contributed by atoms with Crippen LogP contribution in [-0.2, 0) is 6.18 Å². The first kappa shape index (κ1) is 12.1. The molecule has 1 aliphatic rings. The molecule has 1 saturated carbocycles. The van der Waals surface area contributed by atoms with E-state index < -0.39 is 11.7 Å². The van der Waals surface area contributed by atoms with Gasteiger partial charge in [0.05, 0.1) is 28.8 Å². The Morgan fingerprint density at radius 2 is 2.00 bits per heavy atom. The Morgan fingerprint density at radius 1 is 1.26 bits per heavy atom. The number of benzene rings is 1. The molecule has 3 nitrogen and oxygen atoms in total. The van der Waals surface area contributed by atoms with Gasteiger partial charge in [0.1, 0.15) is 0 Å². The first-order valence-corrected chi connectivity index (χ1v) is 5.98. The minimum absolute atomic E-state index is 0.317. The van der Waals surface area contributed by atoms with Gasteiger partial charge in [-0.2, -0.15) is 18.3 Å². The summed E-state index contributed by atoms with van der Waals surface area (Å²) < 4.78 is 39.6. The number of nitrogens with zero attached hydrogens (tertiary/aromatic N) is 2. The number of halogens is 3. The molecule has 19 heavy (non-hydrogen) atoms. The van der Waals surface area contributed by atoms with Gasteiger partial charge in [0.2, 0.25) is 0 Å². The zero-order chi connectivity index (χ0) is 13.6. The molecule has 0 unspecified atom stereocenters. The Kier molecular flexibility index (Phi) is 2.55. The van der Waals surface area contributed by atoms with Crippen molar-refractivity contribution in [3.8, 4) is 5.69 Å². The van der Waals surface area contributed by atoms with Gasteiger partial charge in [0.15, 0.2) is 0 Å². The molecular formula is C13H12F3N3. The molecule has 1 heterocycles. The summed E-state index contributed by atoms with van der Waals surface area (Å²) in [6, 6.07) is 5.13. The molecule has 1 aromatic carbocycles. The molecule has 6 heteroatoms. The van der Waals surface area contributed by atoms with Crippen LogP contribution in [0.3, 0.4) is 0 Å². The van der Waals surface area contributed by atoms with Crippen LogP contribution in [0.2, 0.25) is 0 Å². The summed E-state index contributed by atoms with van der Waals surface area (Å²) in [5.74, 6) is 0.317. The zero-order valence-corrected chi connectivity index (χ0v) is 9.98. The van der Waals surface area contributed by atoms with Crippen molar-refractivity contribution in [2.75, 3.05) is 5.73 Å². The Labute approximate surface area is 107 Å². The summed E-state index contributed by atoms with van der Waals surface area (Å²) in [5.41, 5.74) is 6.92. The minimum atomic E-state index is -4.35. The SMILES string of the molecule is Nc1cnn(-c2cccc(C(F)(F)F)c2)c1C1CC1. The van der Waals surface area contributed by atoms with Crippen LogP contribution in [0.1, 0.15) is 30.0 Å². The van der Waals surface area contributed by atoms with Crippen LogP contribution < -0.4 is 5.73 Å². The molecule has 100 valence electrons. The topological polar surface area (TPSA) is 43.8 Å². The largest absolute Gasteiger partial charge is 0.416 e. The summed E-state index contributed by atoms with van der Waals surface area (Å²) in [6.45, 7) is 0. The summed E-state index contributed by atoms with van der Waals surface area (Å²) in [6.07, 6.45) is -0.841. The molecule has 1 aliphatic carbocycles. The lowest BCUT2D eigenvalue weighted by Crippen LogP contribution is -2.08. The highest BCUT2D eigenvalue weighted by atomic mass is 19.4. The fourth-order valence-electron chi connectivity index (χ4n) is 2.16. The number of alkyl halides is 3. The van der Waals surface area contributed by atoms with Crippen molar-refractivity contribution in [1.29, 1.82) is 0 Å². The van der Waals surface area contributed by atoms with Crippen molar-refractivity contribution in [3.05, 3.63) is 41.7 Å². The van der Waals surface area contributed by atoms with Gasteiger partial charge in [-0.25, -0.2) is 4.68 Å². The first-order chi connectivity index (χ1) is 8.97. The predicted octanol–water partition coefficient (Wildman–Crippen LogP) is 3.35. The molecule has 0 spiro atoms. The lowest BCUT2D eigenvalue weighted by atomic mass is 10.2. The molecule has 0 atom stereocenters. The van der Waals surface area contributed by atoms with Gasteiger partial charge in [-0.3, -0.25) is 0 Å². The van der Waals surface area contributed by atoms with E-state index >= 15 is 0 Å². The van der Waals surface area contributed by atoms with E-state index in [1.165, 1.54) is 16.9 Å². The van der Waals surface area contributed by atoms with Crippen molar-refractivity contribution in [1.82, 2.24) is 9.78 Å². The Balaban J connectivity index is 2.07. The molecule has 2 aromatic rings. The van der Waals surface area contributed by atoms with Gasteiger partial charge >= 0.3 is 6.18 Å². The molecule has 0 bridgehead atoms. The Bertz CT molecular complexity index is 612. The molecule has 0 radical (unpaired) electrons. The van der Waals surface area contributed by atoms with E-state index in [2.05, 4.69) is 5.10 Å². The second kappa shape index (κ2) is 4.01. The smallest absolute Gasteiger partial charge is 0.396 e. The average molecular weight is 267 g/mol. The van der Waals surface area contributed by atoms with Crippen molar-refractivity contribution in [3.63, 3.8) is 0 Å². The highest BCUT2D eigenvalue weighted by molar-refractivity contribution is 5.50. The van der Waals surface area contributed by atoms with Gasteiger partial charge in [0.25, 0.3) is 0 Å². The maximum Gasteiger partial charge on any atom is 0.416 e. The molecule has 3 rings (SSSR count). The monoisotopic (exact) mass is 267 g/mol. The number of aromatic nitrogens is 2. The normalized spacial score (nSPS) is 15.7. The molecule has 0 aliphatic heterocycles. The summed E-state index contributed by atoms with van der Waals surface area (Å²) in [4.78, 5) is 0. The van der Waals surface area contributed by atoms with E-state index in [4.69, 9.17) is 5.73 Å². The van der Waals surface area contributed by atoms with E-state index in [0.717, 1.165) is 30.7 Å². The van der Waals surface area contributed by atoms with Gasteiger partial charge in [-0.05, 0) is 31.0 Å². The quantitative estimate of drug-likeness (QED) is 0.906. The van der Waals surface area contributed by atoms with Crippen LogP contribution in [0, 0.1) is 0 Å². The van der Waals surface area contributed by atoms with Crippen LogP contribution in [-0.4, -0.2) is 9.78 Å². The number of hydrogen-bond donors (Lipinski definition) is 1. The number of nitrogens with two attached hydrogens (primary N) is 1. The molecule has 1 aromatic heterocycles. The maximum atomic E-state index is 12.7. The third-order valence-corrected chi connectivity index (χ3v) is 3.22. The predicted molar refractivity (Wildman–Crippen MR) is 65.0 cm³/mol. The number of nitrogen functional groups attached to an aromatic ring is 1. The van der Waals surface area contributed by atoms with E-state index in [-0.39, 0.29) is 0 Å². The third kappa shape index (κ3) is 2.18. The molecule has 2 N–H and O–H groups in total. The first-order valence-electron chi connectivity index (χ1n) is 5.98. The van der Waals surface area contributed by atoms with Gasteiger partial charge in [0, 0.05) is 5.92 Å². The fraction of sp³-hybridized carbons (Fsp3) is 0.308. The van der Waals surface area contributed by atoms with Gasteiger partial charge in [-0.15, -0.1) is 0 Å². The molecule has 0 saturated heterocycles. The lowest BCUT2D eigenvalue weighted by molar-refractivity contribution is -0.137. The summed E-state index contributed by atoms with van der Waals surface area (Å²) in [5, 5.41) is 4.09. The average Bonchev–Trinajstić information content (AvgIpc) is 3.12. The molecular weight excluding hydrogens is 255 g/mol. The standard InChI is InChI=1S/C13H12F3N3/c14-13(15,16)9-2-1-3-10(6-9)19-12(8-4-5-8)11(17)7-18-19/h1-3,6-8H,4-5,17H2. The van der Waals surface area contributed by atoms with Crippen molar-refractivity contribution >= 4 is 5.69 Å². The highest BCUT2D eigenvalue weighted by Crippen LogP contribution is 2.43. The van der Waals surface area contributed by atoms with Gasteiger partial charge < -0.3 is 5.73 Å². The zero-order valence-electron chi connectivity index (χ0n) is 9.98. The molecule has 1 fully saturated rings. The van der Waals surface area contributed by atoms with Crippen LogP contribution >= 0.6 is 0 Å². The number of anilines is 1. The second-order valence-corrected chi connectivity index (χ2v) is 4.72. The van der Waals surface area contributed by atoms with E-state index in [1.807, 2.05) is 0 Å². The van der Waals surface area contributed by atoms with E-state index in [1.54, 1.807) is 6.07 Å². The second-order valence-electron chi connectivity index (χ2n) is 4.72. The fourth-order valence-corrected chi connectivity index (χ4v) is 2.16. The Morgan fingerprint density at radius 3 is 2.63 bits per heavy atom. The highest BCUT2D eigenvalue weighted by Gasteiger charge is 2.32. The van der Waals surface area contributed by atoms with Crippen LogP contribution in [0.15, 0.2) is 30.5 Å². The van der Waals surface area contributed by atoms with Crippen LogP contribution in [0.25, 0.3) is 5.69 Å². The number of rotatable bonds is 2. The number of hydrogen-bond acceptors (Lipinski definition) is 2.